The number of thioether (sulfide) groups is 1. The number of piperazine rings is 1. The van der Waals surface area contributed by atoms with Crippen LogP contribution in [-0.2, 0) is 15.7 Å². The first kappa shape index (κ1) is 28.5. The third kappa shape index (κ3) is 4.87. The molecule has 1 amide bonds. The molecule has 212 valence electrons. The zero-order valence-electron chi connectivity index (χ0n) is 22.6. The van der Waals surface area contributed by atoms with Crippen LogP contribution in [0.3, 0.4) is 0 Å². The second kappa shape index (κ2) is 10.7. The number of ether oxygens (including phenoxy) is 1. The van der Waals surface area contributed by atoms with Gasteiger partial charge in [0.1, 0.15) is 19.5 Å². The molecule has 1 aromatic heterocycles. The number of halogens is 4. The number of carbonyl (C=O) groups is 1. The van der Waals surface area contributed by atoms with Gasteiger partial charge in [-0.15, -0.1) is 11.8 Å². The molecule has 40 heavy (non-hydrogen) atoms. The van der Waals surface area contributed by atoms with Gasteiger partial charge in [-0.05, 0) is 43.9 Å². The van der Waals surface area contributed by atoms with E-state index in [1.807, 2.05) is 18.7 Å². The van der Waals surface area contributed by atoms with Gasteiger partial charge in [0.2, 0.25) is 5.91 Å². The lowest BCUT2D eigenvalue weighted by molar-refractivity contribution is -0.137. The normalized spacial score (nSPS) is 21.2. The Balaban J connectivity index is 1.80. The van der Waals surface area contributed by atoms with Gasteiger partial charge >= 0.3 is 11.9 Å². The molecule has 13 heteroatoms. The molecular weight excluding hydrogens is 547 g/mol. The van der Waals surface area contributed by atoms with E-state index in [1.165, 1.54) is 35.6 Å². The minimum absolute atomic E-state index is 0.00770. The van der Waals surface area contributed by atoms with Crippen molar-refractivity contribution in [2.24, 2.45) is 0 Å². The monoisotopic (exact) mass is 576 g/mol. The Labute approximate surface area is 233 Å². The van der Waals surface area contributed by atoms with Crippen LogP contribution in [0.15, 0.2) is 40.0 Å². The molecule has 0 N–H and O–H groups in total. The predicted molar refractivity (Wildman–Crippen MR) is 149 cm³/mol. The lowest BCUT2D eigenvalue weighted by Crippen LogP contribution is -2.59. The van der Waals surface area contributed by atoms with Gasteiger partial charge in [-0.1, -0.05) is 12.1 Å². The summed E-state index contributed by atoms with van der Waals surface area (Å²) in [5.41, 5.74) is -0.995. The van der Waals surface area contributed by atoms with Gasteiger partial charge in [0.05, 0.1) is 23.7 Å². The minimum Gasteiger partial charge on any atom is -0.383 e. The number of anilines is 1. The summed E-state index contributed by atoms with van der Waals surface area (Å²) in [6.45, 7) is 4.57. The van der Waals surface area contributed by atoms with Crippen LogP contribution in [0, 0.1) is 5.82 Å². The summed E-state index contributed by atoms with van der Waals surface area (Å²) in [5.74, 6) is -0.105. The smallest absolute Gasteiger partial charge is 0.383 e. The van der Waals surface area contributed by atoms with E-state index in [1.54, 1.807) is 12.7 Å². The molecular formula is C27H29BF4N4O3S. The van der Waals surface area contributed by atoms with Crippen LogP contribution in [-0.4, -0.2) is 72.8 Å². The standard InChI is InChI=1S/C27H29BF4N4O3S/c1-14-10-34(11-15(2)35(14)21(37)9-28)25-19-8-20(27(30,31)32)22(16-4-6-17(29)7-5-16)24-23(19)36(26(38)33-25)18(12-39-3)13-40-24/h4-8,14-15,18H,9-13,28H2,1-3H3/t14-,15+,18-/m0/s1. The molecule has 3 aromatic rings. The highest BCUT2D eigenvalue weighted by Crippen LogP contribution is 2.49. The molecule has 2 aliphatic heterocycles. The largest absolute Gasteiger partial charge is 0.417 e. The average Bonchev–Trinajstić information content (AvgIpc) is 2.90. The number of hydrogen-bond donors (Lipinski definition) is 0. The number of methoxy groups -OCH3 is 1. The van der Waals surface area contributed by atoms with Crippen molar-refractivity contribution in [3.05, 3.63) is 52.2 Å². The fourth-order valence-electron chi connectivity index (χ4n) is 5.94. The van der Waals surface area contributed by atoms with Crippen LogP contribution in [0.4, 0.5) is 23.4 Å². The molecule has 0 aliphatic carbocycles. The second-order valence-corrected chi connectivity index (χ2v) is 11.3. The first-order valence-corrected chi connectivity index (χ1v) is 14.1. The Morgan fingerprint density at radius 3 is 2.40 bits per heavy atom. The number of hydrogen-bond acceptors (Lipinski definition) is 6. The Hall–Kier alpha value is -3.06. The van der Waals surface area contributed by atoms with Crippen LogP contribution in [0.1, 0.15) is 25.5 Å². The average molecular weight is 576 g/mol. The fraction of sp³-hybridized carbons (Fsp3) is 0.444. The number of nitrogens with zero attached hydrogens (tertiary/aromatic N) is 4. The number of benzene rings is 2. The lowest BCUT2D eigenvalue weighted by atomic mass is 9.95. The molecule has 0 spiro atoms. The highest BCUT2D eigenvalue weighted by molar-refractivity contribution is 7.99. The second-order valence-electron chi connectivity index (χ2n) is 10.3. The van der Waals surface area contributed by atoms with Crippen molar-refractivity contribution in [2.75, 3.05) is 37.5 Å². The van der Waals surface area contributed by atoms with Gasteiger partial charge < -0.3 is 14.5 Å². The Bertz CT molecular complexity index is 1500. The zero-order chi connectivity index (χ0) is 28.9. The van der Waals surface area contributed by atoms with E-state index < -0.39 is 29.3 Å². The van der Waals surface area contributed by atoms with Crippen LogP contribution in [0.25, 0.3) is 22.0 Å². The molecule has 1 saturated heterocycles. The first-order valence-electron chi connectivity index (χ1n) is 13.1. The molecule has 1 fully saturated rings. The van der Waals surface area contributed by atoms with Crippen molar-refractivity contribution in [1.29, 1.82) is 0 Å². The Kier molecular flexibility index (Phi) is 7.64. The highest BCUT2D eigenvalue weighted by atomic mass is 32.2. The van der Waals surface area contributed by atoms with Gasteiger partial charge in [-0.25, -0.2) is 9.18 Å². The number of carbonyl (C=O) groups excluding carboxylic acids is 1. The summed E-state index contributed by atoms with van der Waals surface area (Å²) in [5, 5.41) is 0.204. The summed E-state index contributed by atoms with van der Waals surface area (Å²) >= 11 is 1.22. The van der Waals surface area contributed by atoms with E-state index in [0.29, 0.717) is 35.6 Å². The molecule has 7 nitrogen and oxygen atoms in total. The summed E-state index contributed by atoms with van der Waals surface area (Å²) < 4.78 is 64.5. The van der Waals surface area contributed by atoms with Crippen molar-refractivity contribution in [1.82, 2.24) is 14.5 Å². The van der Waals surface area contributed by atoms with E-state index in [4.69, 9.17) is 4.74 Å². The number of aromatic nitrogens is 2. The van der Waals surface area contributed by atoms with Crippen molar-refractivity contribution in [3.8, 4) is 11.1 Å². The third-order valence-corrected chi connectivity index (χ3v) is 8.77. The van der Waals surface area contributed by atoms with Gasteiger partial charge in [0, 0.05) is 53.9 Å². The SMILES string of the molecule is BCC(=O)N1[C@H](C)CN(c2nc(=O)n3c4c(c(-c5ccc(F)cc5)c(C(F)(F)F)cc24)SC[C@@H]3COC)C[C@@H]1C. The summed E-state index contributed by atoms with van der Waals surface area (Å²) in [6.07, 6.45) is -4.39. The molecule has 3 atom stereocenters. The van der Waals surface area contributed by atoms with Crippen LogP contribution < -0.4 is 10.6 Å². The summed E-state index contributed by atoms with van der Waals surface area (Å²) in [7, 11) is 3.29. The van der Waals surface area contributed by atoms with E-state index in [2.05, 4.69) is 4.98 Å². The van der Waals surface area contributed by atoms with Crippen LogP contribution in [0.2, 0.25) is 6.32 Å². The lowest BCUT2D eigenvalue weighted by Gasteiger charge is -2.45. The maximum atomic E-state index is 14.7. The van der Waals surface area contributed by atoms with Gasteiger partial charge in [0.25, 0.3) is 0 Å². The molecule has 0 bridgehead atoms. The molecule has 3 heterocycles. The minimum atomic E-state index is -4.73. The molecule has 2 aliphatic rings. The van der Waals surface area contributed by atoms with Crippen molar-refractivity contribution >= 4 is 42.2 Å². The first-order chi connectivity index (χ1) is 19.0. The Morgan fingerprint density at radius 2 is 1.82 bits per heavy atom. The van der Waals surface area contributed by atoms with Crippen molar-refractivity contribution in [3.63, 3.8) is 0 Å². The quantitative estimate of drug-likeness (QED) is 0.338. The van der Waals surface area contributed by atoms with E-state index in [0.717, 1.165) is 18.2 Å². The maximum absolute atomic E-state index is 14.7. The summed E-state index contributed by atoms with van der Waals surface area (Å²) in [4.78, 5) is 34.4. The third-order valence-electron chi connectivity index (χ3n) is 7.54. The topological polar surface area (TPSA) is 67.7 Å². The number of rotatable bonds is 5. The maximum Gasteiger partial charge on any atom is 0.417 e. The molecule has 0 saturated carbocycles. The van der Waals surface area contributed by atoms with Gasteiger partial charge in [-0.2, -0.15) is 18.2 Å². The highest BCUT2D eigenvalue weighted by Gasteiger charge is 2.40. The zero-order valence-corrected chi connectivity index (χ0v) is 23.4. The van der Waals surface area contributed by atoms with E-state index >= 15 is 0 Å². The van der Waals surface area contributed by atoms with Crippen molar-refractivity contribution in [2.45, 2.75) is 49.4 Å². The number of alkyl halides is 3. The molecule has 0 radical (unpaired) electrons. The Morgan fingerprint density at radius 1 is 1.18 bits per heavy atom. The van der Waals surface area contributed by atoms with Gasteiger partial charge in [0.15, 0.2) is 0 Å². The number of amides is 1. The van der Waals surface area contributed by atoms with E-state index in [-0.39, 0.29) is 46.9 Å². The van der Waals surface area contributed by atoms with Gasteiger partial charge in [-0.3, -0.25) is 9.36 Å². The molecule has 0 unspecified atom stereocenters. The van der Waals surface area contributed by atoms with Crippen molar-refractivity contribution < 1.29 is 27.1 Å². The summed E-state index contributed by atoms with van der Waals surface area (Å²) in [6, 6.07) is 5.04. The molecule has 5 rings (SSSR count). The fourth-order valence-corrected chi connectivity index (χ4v) is 7.27. The van der Waals surface area contributed by atoms with Crippen LogP contribution >= 0.6 is 11.8 Å². The van der Waals surface area contributed by atoms with Crippen LogP contribution in [0.5, 0.6) is 0 Å². The predicted octanol–water partition coefficient (Wildman–Crippen LogP) is 3.99. The van der Waals surface area contributed by atoms with E-state index in [9.17, 15) is 27.2 Å². The molecule has 2 aromatic carbocycles.